The molecule has 1 spiro atoms. The first-order chi connectivity index (χ1) is 13.1. The zero-order valence-corrected chi connectivity index (χ0v) is 16.2. The van der Waals surface area contributed by atoms with Gasteiger partial charge in [-0.2, -0.15) is 0 Å². The molecule has 3 heterocycles. The molecule has 3 aliphatic rings. The molecule has 5 nitrogen and oxygen atoms in total. The van der Waals surface area contributed by atoms with E-state index in [0.717, 1.165) is 70.6 Å². The molecular formula is C21H31FN4O. The largest absolute Gasteiger partial charge is 0.369 e. The smallest absolute Gasteiger partial charge is 0.226 e. The summed E-state index contributed by atoms with van der Waals surface area (Å²) in [4.78, 5) is 17.4. The Labute approximate surface area is 161 Å². The van der Waals surface area contributed by atoms with Gasteiger partial charge in [0.1, 0.15) is 5.82 Å². The molecule has 0 saturated carbocycles. The molecule has 2 unspecified atom stereocenters. The number of hydrogen-bond acceptors (Lipinski definition) is 4. The summed E-state index contributed by atoms with van der Waals surface area (Å²) >= 11 is 0. The van der Waals surface area contributed by atoms with Gasteiger partial charge in [0.2, 0.25) is 5.91 Å². The molecular weight excluding hydrogens is 343 g/mol. The van der Waals surface area contributed by atoms with Gasteiger partial charge in [0.05, 0.1) is 5.41 Å². The van der Waals surface area contributed by atoms with Gasteiger partial charge < -0.3 is 15.5 Å². The summed E-state index contributed by atoms with van der Waals surface area (Å²) in [5, 5.41) is 6.64. The highest BCUT2D eigenvalue weighted by Gasteiger charge is 2.46. The Balaban J connectivity index is 1.27. The number of nitrogens with zero attached hydrogens (tertiary/aromatic N) is 2. The first-order valence-corrected chi connectivity index (χ1v) is 10.3. The Bertz CT molecular complexity index is 659. The fourth-order valence-electron chi connectivity index (χ4n) is 5.00. The van der Waals surface area contributed by atoms with E-state index >= 15 is 0 Å². The van der Waals surface area contributed by atoms with E-state index in [1.54, 1.807) is 0 Å². The van der Waals surface area contributed by atoms with Crippen LogP contribution in [0.25, 0.3) is 0 Å². The van der Waals surface area contributed by atoms with Gasteiger partial charge in [-0.05, 0) is 70.0 Å². The number of piperazine rings is 1. The minimum Gasteiger partial charge on any atom is -0.369 e. The van der Waals surface area contributed by atoms with Gasteiger partial charge in [-0.1, -0.05) is 0 Å². The number of benzene rings is 1. The highest BCUT2D eigenvalue weighted by Crippen LogP contribution is 2.39. The van der Waals surface area contributed by atoms with Crippen LogP contribution < -0.4 is 15.5 Å². The number of carbonyl (C=O) groups excluding carboxylic acids is 1. The topological polar surface area (TPSA) is 47.6 Å². The fraction of sp³-hybridized carbons (Fsp3) is 0.667. The SMILES string of the molecule is CC1CN(c2ccc(F)cc2)CCN1CCC1CC2(CCNCC2)C(=O)N1. The molecule has 2 N–H and O–H groups in total. The average Bonchev–Trinajstić information content (AvgIpc) is 2.97. The lowest BCUT2D eigenvalue weighted by Crippen LogP contribution is -2.52. The zero-order chi connectivity index (χ0) is 18.9. The minimum atomic E-state index is -0.185. The van der Waals surface area contributed by atoms with Crippen molar-refractivity contribution in [2.75, 3.05) is 44.2 Å². The maximum atomic E-state index is 13.1. The van der Waals surface area contributed by atoms with Crippen LogP contribution >= 0.6 is 0 Å². The summed E-state index contributed by atoms with van der Waals surface area (Å²) < 4.78 is 13.1. The lowest BCUT2D eigenvalue weighted by atomic mass is 9.76. The lowest BCUT2D eigenvalue weighted by molar-refractivity contribution is -0.128. The summed E-state index contributed by atoms with van der Waals surface area (Å²) in [5.41, 5.74) is 0.988. The predicted octanol–water partition coefficient (Wildman–Crippen LogP) is 1.98. The van der Waals surface area contributed by atoms with Crippen LogP contribution in [0.4, 0.5) is 10.1 Å². The molecule has 3 aliphatic heterocycles. The van der Waals surface area contributed by atoms with Gasteiger partial charge in [0.25, 0.3) is 0 Å². The van der Waals surface area contributed by atoms with E-state index in [-0.39, 0.29) is 17.1 Å². The summed E-state index contributed by atoms with van der Waals surface area (Å²) in [5.74, 6) is 0.0961. The molecule has 6 heteroatoms. The molecule has 0 aromatic heterocycles. The molecule has 3 fully saturated rings. The predicted molar refractivity (Wildman–Crippen MR) is 105 cm³/mol. The maximum Gasteiger partial charge on any atom is 0.226 e. The normalized spacial score (nSPS) is 28.5. The third-order valence-corrected chi connectivity index (χ3v) is 6.74. The summed E-state index contributed by atoms with van der Waals surface area (Å²) in [6, 6.07) is 7.57. The minimum absolute atomic E-state index is 0.108. The van der Waals surface area contributed by atoms with Crippen molar-refractivity contribution in [1.29, 1.82) is 0 Å². The van der Waals surface area contributed by atoms with Crippen LogP contribution in [0, 0.1) is 11.2 Å². The summed E-state index contributed by atoms with van der Waals surface area (Å²) in [6.45, 7) is 8.13. The third-order valence-electron chi connectivity index (χ3n) is 6.74. The number of anilines is 1. The molecule has 2 atom stereocenters. The second-order valence-electron chi connectivity index (χ2n) is 8.50. The third kappa shape index (κ3) is 3.97. The van der Waals surface area contributed by atoms with Crippen LogP contribution in [-0.4, -0.2) is 62.2 Å². The van der Waals surface area contributed by atoms with Crippen LogP contribution in [0.1, 0.15) is 32.6 Å². The summed E-state index contributed by atoms with van der Waals surface area (Å²) in [6.07, 6.45) is 3.98. The Morgan fingerprint density at radius 1 is 1.19 bits per heavy atom. The zero-order valence-electron chi connectivity index (χ0n) is 16.2. The van der Waals surface area contributed by atoms with E-state index in [1.807, 2.05) is 12.1 Å². The quantitative estimate of drug-likeness (QED) is 0.846. The van der Waals surface area contributed by atoms with E-state index in [4.69, 9.17) is 0 Å². The number of nitrogens with one attached hydrogen (secondary N) is 2. The molecule has 0 radical (unpaired) electrons. The molecule has 27 heavy (non-hydrogen) atoms. The maximum absolute atomic E-state index is 13.1. The van der Waals surface area contributed by atoms with Crippen molar-refractivity contribution in [3.8, 4) is 0 Å². The van der Waals surface area contributed by atoms with E-state index in [1.165, 1.54) is 12.1 Å². The number of piperidine rings is 1. The second kappa shape index (κ2) is 7.76. The van der Waals surface area contributed by atoms with Gasteiger partial charge in [0, 0.05) is 44.0 Å². The number of amides is 1. The molecule has 1 aromatic rings. The van der Waals surface area contributed by atoms with Crippen molar-refractivity contribution >= 4 is 11.6 Å². The van der Waals surface area contributed by atoms with Crippen molar-refractivity contribution in [3.63, 3.8) is 0 Å². The molecule has 0 bridgehead atoms. The van der Waals surface area contributed by atoms with Crippen molar-refractivity contribution in [2.45, 2.75) is 44.7 Å². The Morgan fingerprint density at radius 3 is 2.63 bits per heavy atom. The molecule has 0 aliphatic carbocycles. The number of halogens is 1. The van der Waals surface area contributed by atoms with Gasteiger partial charge in [-0.15, -0.1) is 0 Å². The molecule has 148 valence electrons. The first kappa shape index (κ1) is 18.7. The van der Waals surface area contributed by atoms with Gasteiger partial charge >= 0.3 is 0 Å². The monoisotopic (exact) mass is 374 g/mol. The van der Waals surface area contributed by atoms with Crippen LogP contribution in [0.15, 0.2) is 24.3 Å². The molecule has 1 aromatic carbocycles. The van der Waals surface area contributed by atoms with Crippen molar-refractivity contribution in [1.82, 2.24) is 15.5 Å². The number of rotatable bonds is 4. The lowest BCUT2D eigenvalue weighted by Gasteiger charge is -2.41. The number of carbonyl (C=O) groups is 1. The first-order valence-electron chi connectivity index (χ1n) is 10.3. The van der Waals surface area contributed by atoms with Crippen molar-refractivity contribution in [3.05, 3.63) is 30.1 Å². The van der Waals surface area contributed by atoms with Crippen molar-refractivity contribution in [2.24, 2.45) is 5.41 Å². The highest BCUT2D eigenvalue weighted by molar-refractivity contribution is 5.85. The Kier molecular flexibility index (Phi) is 5.37. The van der Waals surface area contributed by atoms with Crippen LogP contribution in [0.3, 0.4) is 0 Å². The number of hydrogen-bond donors (Lipinski definition) is 2. The van der Waals surface area contributed by atoms with E-state index < -0.39 is 0 Å². The van der Waals surface area contributed by atoms with Crippen LogP contribution in [-0.2, 0) is 4.79 Å². The highest BCUT2D eigenvalue weighted by atomic mass is 19.1. The van der Waals surface area contributed by atoms with Gasteiger partial charge in [-0.25, -0.2) is 4.39 Å². The van der Waals surface area contributed by atoms with Crippen molar-refractivity contribution < 1.29 is 9.18 Å². The average molecular weight is 375 g/mol. The molecule has 3 saturated heterocycles. The van der Waals surface area contributed by atoms with E-state index in [2.05, 4.69) is 27.4 Å². The Morgan fingerprint density at radius 2 is 1.93 bits per heavy atom. The Hall–Kier alpha value is -1.66. The van der Waals surface area contributed by atoms with E-state index in [9.17, 15) is 9.18 Å². The van der Waals surface area contributed by atoms with Crippen LogP contribution in [0.5, 0.6) is 0 Å². The molecule has 1 amide bonds. The summed E-state index contributed by atoms with van der Waals surface area (Å²) in [7, 11) is 0. The van der Waals surface area contributed by atoms with E-state index in [0.29, 0.717) is 12.1 Å². The van der Waals surface area contributed by atoms with Gasteiger partial charge in [-0.3, -0.25) is 9.69 Å². The second-order valence-corrected chi connectivity index (χ2v) is 8.50. The van der Waals surface area contributed by atoms with Gasteiger partial charge in [0.15, 0.2) is 0 Å². The standard InChI is InChI=1S/C21H31FN4O/c1-16-15-26(19-4-2-17(22)3-5-19)13-12-25(16)11-6-18-14-21(20(27)24-18)7-9-23-10-8-21/h2-5,16,18,23H,6-15H2,1H3,(H,24,27). The fourth-order valence-corrected chi connectivity index (χ4v) is 5.00. The van der Waals surface area contributed by atoms with Crippen LogP contribution in [0.2, 0.25) is 0 Å². The molecule has 4 rings (SSSR count).